The van der Waals surface area contributed by atoms with Crippen molar-refractivity contribution in [3.8, 4) is 5.75 Å². The van der Waals surface area contributed by atoms with Crippen molar-refractivity contribution in [1.29, 1.82) is 0 Å². The lowest BCUT2D eigenvalue weighted by Gasteiger charge is -2.18. The highest BCUT2D eigenvalue weighted by molar-refractivity contribution is 5.94. The number of carbonyl (C=O) groups is 1. The zero-order chi connectivity index (χ0) is 16.8. The van der Waals surface area contributed by atoms with Crippen LogP contribution in [0.1, 0.15) is 35.4 Å². The number of hydrogen-bond acceptors (Lipinski definition) is 3. The van der Waals surface area contributed by atoms with Crippen molar-refractivity contribution in [1.82, 2.24) is 5.32 Å². The number of aliphatic hydroxyl groups is 1. The van der Waals surface area contributed by atoms with Crippen LogP contribution >= 0.6 is 0 Å². The van der Waals surface area contributed by atoms with Gasteiger partial charge in [-0.05, 0) is 31.0 Å². The average Bonchev–Trinajstić information content (AvgIpc) is 2.55. The van der Waals surface area contributed by atoms with Gasteiger partial charge in [0.2, 0.25) is 0 Å². The summed E-state index contributed by atoms with van der Waals surface area (Å²) < 4.78 is 18.8. The number of ether oxygens (including phenoxy) is 1. The third kappa shape index (κ3) is 4.53. The number of methoxy groups -OCH3 is 1. The molecule has 0 aliphatic carbocycles. The van der Waals surface area contributed by atoms with Gasteiger partial charge in [-0.1, -0.05) is 30.3 Å². The maximum Gasteiger partial charge on any atom is 0.254 e. The molecule has 0 bridgehead atoms. The van der Waals surface area contributed by atoms with E-state index in [4.69, 9.17) is 4.74 Å². The standard InChI is InChI=1S/C18H20FNO3/c1-12(10-17(21)13-6-4-3-5-7-13)20-18(22)15-9-8-14(23-2)11-16(15)19/h3-9,11-12,17,21H,10H2,1-2H3,(H,20,22). The van der Waals surface area contributed by atoms with Crippen LogP contribution in [-0.2, 0) is 0 Å². The second kappa shape index (κ2) is 7.74. The summed E-state index contributed by atoms with van der Waals surface area (Å²) in [5.74, 6) is -0.804. The molecule has 122 valence electrons. The Morgan fingerprint density at radius 3 is 2.57 bits per heavy atom. The summed E-state index contributed by atoms with van der Waals surface area (Å²) in [6.07, 6.45) is -0.347. The molecule has 2 aromatic rings. The minimum atomic E-state index is -0.688. The Balaban J connectivity index is 1.97. The van der Waals surface area contributed by atoms with Crippen molar-refractivity contribution >= 4 is 5.91 Å². The second-order valence-electron chi connectivity index (χ2n) is 5.38. The molecule has 0 saturated heterocycles. The van der Waals surface area contributed by atoms with Gasteiger partial charge in [-0.2, -0.15) is 0 Å². The molecular formula is C18H20FNO3. The molecule has 2 aromatic carbocycles. The van der Waals surface area contributed by atoms with E-state index >= 15 is 0 Å². The minimum Gasteiger partial charge on any atom is -0.497 e. The number of carbonyl (C=O) groups excluding carboxylic acids is 1. The first-order chi connectivity index (χ1) is 11.0. The monoisotopic (exact) mass is 317 g/mol. The number of halogens is 1. The maximum atomic E-state index is 13.9. The van der Waals surface area contributed by atoms with E-state index in [-0.39, 0.29) is 11.6 Å². The summed E-state index contributed by atoms with van der Waals surface area (Å²) in [6.45, 7) is 1.77. The molecule has 0 spiro atoms. The zero-order valence-corrected chi connectivity index (χ0v) is 13.1. The van der Waals surface area contributed by atoms with Crippen LogP contribution in [0.3, 0.4) is 0 Å². The van der Waals surface area contributed by atoms with Gasteiger partial charge in [-0.15, -0.1) is 0 Å². The fraction of sp³-hybridized carbons (Fsp3) is 0.278. The molecule has 0 aliphatic rings. The van der Waals surface area contributed by atoms with Gasteiger partial charge in [0, 0.05) is 12.1 Å². The quantitative estimate of drug-likeness (QED) is 0.861. The third-order valence-corrected chi connectivity index (χ3v) is 3.56. The highest BCUT2D eigenvalue weighted by Crippen LogP contribution is 2.19. The molecule has 2 unspecified atom stereocenters. The molecule has 0 radical (unpaired) electrons. The molecule has 0 aromatic heterocycles. The lowest BCUT2D eigenvalue weighted by atomic mass is 10.0. The molecule has 2 atom stereocenters. The summed E-state index contributed by atoms with van der Waals surface area (Å²) in [5, 5.41) is 12.9. The van der Waals surface area contributed by atoms with Crippen LogP contribution in [0.5, 0.6) is 5.75 Å². The van der Waals surface area contributed by atoms with Crippen LogP contribution in [0.2, 0.25) is 0 Å². The Bertz CT molecular complexity index is 661. The first kappa shape index (κ1) is 17.0. The van der Waals surface area contributed by atoms with Gasteiger partial charge in [0.05, 0.1) is 18.8 Å². The molecule has 0 saturated carbocycles. The summed E-state index contributed by atoms with van der Waals surface area (Å²) in [6, 6.07) is 13.0. The summed E-state index contributed by atoms with van der Waals surface area (Å²) >= 11 is 0. The first-order valence-electron chi connectivity index (χ1n) is 7.38. The molecule has 0 aliphatic heterocycles. The first-order valence-corrected chi connectivity index (χ1v) is 7.38. The van der Waals surface area contributed by atoms with Crippen molar-refractivity contribution in [3.63, 3.8) is 0 Å². The lowest BCUT2D eigenvalue weighted by molar-refractivity contribution is 0.0913. The topological polar surface area (TPSA) is 58.6 Å². The normalized spacial score (nSPS) is 13.2. The van der Waals surface area contributed by atoms with Crippen LogP contribution in [-0.4, -0.2) is 24.2 Å². The van der Waals surface area contributed by atoms with Gasteiger partial charge < -0.3 is 15.2 Å². The molecule has 23 heavy (non-hydrogen) atoms. The predicted molar refractivity (Wildman–Crippen MR) is 85.9 cm³/mol. The number of amides is 1. The second-order valence-corrected chi connectivity index (χ2v) is 5.38. The molecule has 0 fully saturated rings. The number of nitrogens with one attached hydrogen (secondary N) is 1. The predicted octanol–water partition coefficient (Wildman–Crippen LogP) is 3.08. The molecule has 2 N–H and O–H groups in total. The van der Waals surface area contributed by atoms with Crippen LogP contribution < -0.4 is 10.1 Å². The van der Waals surface area contributed by atoms with Crippen molar-refractivity contribution in [2.75, 3.05) is 7.11 Å². The highest BCUT2D eigenvalue weighted by Gasteiger charge is 2.17. The Morgan fingerprint density at radius 2 is 1.96 bits per heavy atom. The van der Waals surface area contributed by atoms with Crippen LogP contribution in [0.4, 0.5) is 4.39 Å². The Labute approximate surface area is 134 Å². The van der Waals surface area contributed by atoms with E-state index in [0.717, 1.165) is 5.56 Å². The largest absolute Gasteiger partial charge is 0.497 e. The van der Waals surface area contributed by atoms with E-state index in [9.17, 15) is 14.3 Å². The average molecular weight is 317 g/mol. The highest BCUT2D eigenvalue weighted by atomic mass is 19.1. The van der Waals surface area contributed by atoms with E-state index in [1.165, 1.54) is 25.3 Å². The summed E-state index contributed by atoms with van der Waals surface area (Å²) in [5.41, 5.74) is 0.732. The van der Waals surface area contributed by atoms with Gasteiger partial charge in [0.15, 0.2) is 0 Å². The van der Waals surface area contributed by atoms with Gasteiger partial charge >= 0.3 is 0 Å². The molecule has 4 nitrogen and oxygen atoms in total. The fourth-order valence-electron chi connectivity index (χ4n) is 2.31. The lowest BCUT2D eigenvalue weighted by Crippen LogP contribution is -2.34. The Morgan fingerprint density at radius 1 is 1.26 bits per heavy atom. The van der Waals surface area contributed by atoms with Crippen molar-refractivity contribution in [2.45, 2.75) is 25.5 Å². The third-order valence-electron chi connectivity index (χ3n) is 3.56. The molecule has 5 heteroatoms. The van der Waals surface area contributed by atoms with E-state index in [0.29, 0.717) is 12.2 Å². The van der Waals surface area contributed by atoms with E-state index in [1.807, 2.05) is 30.3 Å². The van der Waals surface area contributed by atoms with E-state index < -0.39 is 17.8 Å². The maximum absolute atomic E-state index is 13.9. The van der Waals surface area contributed by atoms with Crippen LogP contribution in [0.25, 0.3) is 0 Å². The van der Waals surface area contributed by atoms with E-state index in [1.54, 1.807) is 6.92 Å². The minimum absolute atomic E-state index is 0.0492. The van der Waals surface area contributed by atoms with Gasteiger partial charge in [-0.25, -0.2) is 4.39 Å². The number of rotatable bonds is 6. The Kier molecular flexibility index (Phi) is 5.71. The van der Waals surface area contributed by atoms with Gasteiger partial charge in [-0.3, -0.25) is 4.79 Å². The molecule has 0 heterocycles. The van der Waals surface area contributed by atoms with E-state index in [2.05, 4.69) is 5.32 Å². The number of aliphatic hydroxyl groups excluding tert-OH is 1. The van der Waals surface area contributed by atoms with Gasteiger partial charge in [0.25, 0.3) is 5.91 Å². The number of benzene rings is 2. The van der Waals surface area contributed by atoms with Crippen molar-refractivity contribution in [2.24, 2.45) is 0 Å². The molecular weight excluding hydrogens is 297 g/mol. The van der Waals surface area contributed by atoms with Crippen molar-refractivity contribution in [3.05, 3.63) is 65.5 Å². The summed E-state index contributed by atoms with van der Waals surface area (Å²) in [4.78, 5) is 12.1. The van der Waals surface area contributed by atoms with Crippen molar-refractivity contribution < 1.29 is 19.0 Å². The van der Waals surface area contributed by atoms with Gasteiger partial charge in [0.1, 0.15) is 11.6 Å². The molecule has 2 rings (SSSR count). The Hall–Kier alpha value is -2.40. The number of hydrogen-bond donors (Lipinski definition) is 2. The molecule has 1 amide bonds. The SMILES string of the molecule is COc1ccc(C(=O)NC(C)CC(O)c2ccccc2)c(F)c1. The zero-order valence-electron chi connectivity index (χ0n) is 13.1. The van der Waals surface area contributed by atoms with Crippen LogP contribution in [0.15, 0.2) is 48.5 Å². The smallest absolute Gasteiger partial charge is 0.254 e. The van der Waals surface area contributed by atoms with Crippen LogP contribution in [0, 0.1) is 5.82 Å². The summed E-state index contributed by atoms with van der Waals surface area (Å²) in [7, 11) is 1.43. The fourth-order valence-corrected chi connectivity index (χ4v) is 2.31.